The molecule has 0 fully saturated rings. The summed E-state index contributed by atoms with van der Waals surface area (Å²) in [5.41, 5.74) is 0. The van der Waals surface area contributed by atoms with Gasteiger partial charge in [-0.05, 0) is 0 Å². The fourth-order valence-electron chi connectivity index (χ4n) is 1.24. The lowest BCUT2D eigenvalue weighted by Crippen LogP contribution is -2.46. The van der Waals surface area contributed by atoms with E-state index in [1.165, 1.54) is 0 Å². The molecule has 12 heteroatoms. The van der Waals surface area contributed by atoms with Crippen molar-refractivity contribution in [3.63, 3.8) is 0 Å². The van der Waals surface area contributed by atoms with Gasteiger partial charge in [0.2, 0.25) is 0 Å². The van der Waals surface area contributed by atoms with Crippen molar-refractivity contribution in [1.29, 1.82) is 0 Å². The van der Waals surface area contributed by atoms with E-state index in [-0.39, 0.29) is 12.6 Å². The first-order chi connectivity index (χ1) is 11.1. The molecule has 8 atom stereocenters. The third-order valence-electron chi connectivity index (χ3n) is 2.84. The molecule has 0 amide bonds. The smallest absolute Gasteiger partial charge is 0.151 e. The highest BCUT2D eigenvalue weighted by Crippen LogP contribution is 2.03. The van der Waals surface area contributed by atoms with E-state index < -0.39 is 62.0 Å². The van der Waals surface area contributed by atoms with Crippen molar-refractivity contribution in [1.82, 2.24) is 0 Å². The van der Waals surface area contributed by atoms with Gasteiger partial charge in [-0.1, -0.05) is 0 Å². The second-order valence-electron chi connectivity index (χ2n) is 4.72. The van der Waals surface area contributed by atoms with Crippen molar-refractivity contribution in [2.24, 2.45) is 0 Å². The Hall–Kier alpha value is -1.06. The molecule has 10 N–H and O–H groups in total. The lowest BCUT2D eigenvalue weighted by Gasteiger charge is -2.22. The van der Waals surface area contributed by atoms with Crippen molar-refractivity contribution < 1.29 is 60.7 Å². The second kappa shape index (κ2) is 13.3. The molecule has 0 spiro atoms. The van der Waals surface area contributed by atoms with Gasteiger partial charge in [0.25, 0.3) is 0 Å². The van der Waals surface area contributed by atoms with Crippen molar-refractivity contribution in [3.8, 4) is 0 Å². The molecule has 0 bridgehead atoms. The lowest BCUT2D eigenvalue weighted by atomic mass is 10.0. The Bertz CT molecular complexity index is 308. The molecule has 0 radical (unpaired) electrons. The van der Waals surface area contributed by atoms with Crippen LogP contribution in [0.2, 0.25) is 0 Å². The molecule has 0 saturated heterocycles. The Morgan fingerprint density at radius 3 is 0.958 bits per heavy atom. The first-order valence-electron chi connectivity index (χ1n) is 6.65. The predicted octanol–water partition coefficient (Wildman–Crippen LogP) is -6.76. The van der Waals surface area contributed by atoms with E-state index in [0.29, 0.717) is 0 Å². The van der Waals surface area contributed by atoms with E-state index >= 15 is 0 Å². The van der Waals surface area contributed by atoms with Gasteiger partial charge in [0.05, 0.1) is 13.2 Å². The zero-order valence-electron chi connectivity index (χ0n) is 12.5. The van der Waals surface area contributed by atoms with Crippen LogP contribution < -0.4 is 0 Å². The average molecular weight is 360 g/mol. The first kappa shape index (κ1) is 25.2. The highest BCUT2D eigenvalue weighted by molar-refractivity contribution is 5.57. The van der Waals surface area contributed by atoms with E-state index in [1.54, 1.807) is 0 Å². The van der Waals surface area contributed by atoms with E-state index in [1.807, 2.05) is 0 Å². The second-order valence-corrected chi connectivity index (χ2v) is 4.72. The number of carbonyl (C=O) groups is 2. The summed E-state index contributed by atoms with van der Waals surface area (Å²) >= 11 is 0. The topological polar surface area (TPSA) is 236 Å². The summed E-state index contributed by atoms with van der Waals surface area (Å²) in [6.07, 6.45) is -13.7. The fourth-order valence-corrected chi connectivity index (χ4v) is 1.24. The molecule has 0 rings (SSSR count). The maximum absolute atomic E-state index is 9.90. The lowest BCUT2D eigenvalue weighted by molar-refractivity contribution is -0.136. The molecule has 0 aliphatic heterocycles. The third kappa shape index (κ3) is 8.70. The molecule has 0 aromatic heterocycles. The quantitative estimate of drug-likeness (QED) is 0.164. The van der Waals surface area contributed by atoms with E-state index in [4.69, 9.17) is 51.1 Å². The monoisotopic (exact) mass is 360 g/mol. The Morgan fingerprint density at radius 2 is 0.792 bits per heavy atom. The molecule has 0 aliphatic carbocycles. The Kier molecular flexibility index (Phi) is 13.9. The summed E-state index contributed by atoms with van der Waals surface area (Å²) < 4.78 is 0. The molecular weight excluding hydrogens is 336 g/mol. The molecule has 0 saturated carbocycles. The molecule has 12 nitrogen and oxygen atoms in total. The molecule has 144 valence electrons. The van der Waals surface area contributed by atoms with E-state index in [9.17, 15) is 9.59 Å². The molecule has 0 aromatic carbocycles. The van der Waals surface area contributed by atoms with Crippen LogP contribution in [0, 0.1) is 0 Å². The van der Waals surface area contributed by atoms with Gasteiger partial charge < -0.3 is 60.7 Å². The van der Waals surface area contributed by atoms with Crippen molar-refractivity contribution in [2.45, 2.75) is 48.8 Å². The molecule has 0 aromatic rings. The number of carbonyl (C=O) groups excluding carboxylic acids is 2. The van der Waals surface area contributed by atoms with Gasteiger partial charge in [0.15, 0.2) is 12.6 Å². The summed E-state index contributed by atoms with van der Waals surface area (Å²) in [4.78, 5) is 19.8. The third-order valence-corrected chi connectivity index (χ3v) is 2.84. The van der Waals surface area contributed by atoms with Gasteiger partial charge in [-0.15, -0.1) is 0 Å². The van der Waals surface area contributed by atoms with Crippen LogP contribution in [-0.4, -0.2) is 126 Å². The maximum Gasteiger partial charge on any atom is 0.151 e. The number of rotatable bonds is 10. The highest BCUT2D eigenvalue weighted by atomic mass is 16.4. The number of hydrogen-bond donors (Lipinski definition) is 10. The van der Waals surface area contributed by atoms with E-state index in [2.05, 4.69) is 0 Å². The zero-order chi connectivity index (χ0) is 19.4. The number of aldehydes is 2. The largest absolute Gasteiger partial charge is 0.394 e. The van der Waals surface area contributed by atoms with Gasteiger partial charge in [-0.3, -0.25) is 0 Å². The van der Waals surface area contributed by atoms with Gasteiger partial charge in [-0.25, -0.2) is 0 Å². The SMILES string of the molecule is O=C[C@@H](O)[C@H](O)[C@@H](O)[C@H](O)CO.O=C[C@H](O)[C@H](O)[C@@H](O)[C@H](O)CO. The zero-order valence-corrected chi connectivity index (χ0v) is 12.5. The van der Waals surface area contributed by atoms with E-state index in [0.717, 1.165) is 0 Å². The van der Waals surface area contributed by atoms with Crippen LogP contribution in [0.1, 0.15) is 0 Å². The van der Waals surface area contributed by atoms with Crippen molar-refractivity contribution in [2.75, 3.05) is 13.2 Å². The van der Waals surface area contributed by atoms with Crippen LogP contribution in [0.3, 0.4) is 0 Å². The molecular formula is C12H24O12. The summed E-state index contributed by atoms with van der Waals surface area (Å²) in [6.45, 7) is -1.52. The number of aliphatic hydroxyl groups is 10. The normalized spacial score (nSPS) is 21.1. The Balaban J connectivity index is 0. The summed E-state index contributed by atoms with van der Waals surface area (Å²) in [7, 11) is 0. The predicted molar refractivity (Wildman–Crippen MR) is 74.4 cm³/mol. The summed E-state index contributed by atoms with van der Waals surface area (Å²) in [6, 6.07) is 0. The van der Waals surface area contributed by atoms with Crippen molar-refractivity contribution in [3.05, 3.63) is 0 Å². The minimum absolute atomic E-state index is 0.0258. The molecule has 0 heterocycles. The van der Waals surface area contributed by atoms with Gasteiger partial charge in [-0.2, -0.15) is 0 Å². The van der Waals surface area contributed by atoms with Gasteiger partial charge in [0, 0.05) is 0 Å². The van der Waals surface area contributed by atoms with Crippen LogP contribution >= 0.6 is 0 Å². The van der Waals surface area contributed by atoms with Crippen LogP contribution in [0.5, 0.6) is 0 Å². The highest BCUT2D eigenvalue weighted by Gasteiger charge is 2.30. The number of aliphatic hydroxyl groups excluding tert-OH is 10. The average Bonchev–Trinajstić information content (AvgIpc) is 2.62. The molecule has 0 unspecified atom stereocenters. The summed E-state index contributed by atoms with van der Waals surface area (Å²) in [5, 5.41) is 87.1. The standard InChI is InChI=1S/2C6H12O6/c2*7-1-3(9)5(11)6(12)4(10)2-8/h2*1,3-6,8-12H,2H2/t3-,4+,5-,6-;3-,4-,5+,6+/m01/s1. The minimum atomic E-state index is -1.79. The molecule has 24 heavy (non-hydrogen) atoms. The van der Waals surface area contributed by atoms with Gasteiger partial charge in [0.1, 0.15) is 48.8 Å². The van der Waals surface area contributed by atoms with Gasteiger partial charge >= 0.3 is 0 Å². The molecule has 0 aliphatic rings. The summed E-state index contributed by atoms with van der Waals surface area (Å²) in [5.74, 6) is 0. The fraction of sp³-hybridized carbons (Fsp3) is 0.833. The van der Waals surface area contributed by atoms with Crippen LogP contribution in [0.15, 0.2) is 0 Å². The van der Waals surface area contributed by atoms with Crippen LogP contribution in [0.4, 0.5) is 0 Å². The Labute approximate surface area is 136 Å². The van der Waals surface area contributed by atoms with Crippen LogP contribution in [0.25, 0.3) is 0 Å². The minimum Gasteiger partial charge on any atom is -0.394 e. The number of hydrogen-bond acceptors (Lipinski definition) is 12. The van der Waals surface area contributed by atoms with Crippen LogP contribution in [-0.2, 0) is 9.59 Å². The van der Waals surface area contributed by atoms with Crippen molar-refractivity contribution >= 4 is 12.6 Å². The first-order valence-corrected chi connectivity index (χ1v) is 6.65. The maximum atomic E-state index is 9.90. The Morgan fingerprint density at radius 1 is 0.542 bits per heavy atom.